The number of fused-ring (bicyclic) bond motifs is 1. The second kappa shape index (κ2) is 8.13. The summed E-state index contributed by atoms with van der Waals surface area (Å²) in [6.07, 6.45) is 4.77. The van der Waals surface area contributed by atoms with Crippen LogP contribution in [0.15, 0.2) is 53.6 Å². The Morgan fingerprint density at radius 2 is 2.07 bits per heavy atom. The van der Waals surface area contributed by atoms with Gasteiger partial charge in [-0.15, -0.1) is 11.8 Å². The Bertz CT molecular complexity index is 924. The Kier molecular flexibility index (Phi) is 5.43. The van der Waals surface area contributed by atoms with Crippen molar-refractivity contribution in [1.82, 2.24) is 19.4 Å². The Morgan fingerprint density at radius 3 is 2.89 bits per heavy atom. The van der Waals surface area contributed by atoms with Gasteiger partial charge in [-0.25, -0.2) is 9.97 Å². The van der Waals surface area contributed by atoms with E-state index in [0.29, 0.717) is 5.75 Å². The first-order chi connectivity index (χ1) is 13.3. The number of aryl methyl sites for hydroxylation is 1. The van der Waals surface area contributed by atoms with Crippen molar-refractivity contribution in [2.45, 2.75) is 37.1 Å². The normalized spacial score (nSPS) is 16.9. The maximum Gasteiger partial charge on any atom is 0.233 e. The number of nitrogens with zero attached hydrogens (tertiary/aromatic N) is 4. The van der Waals surface area contributed by atoms with Gasteiger partial charge in [-0.2, -0.15) is 0 Å². The number of imidazole rings is 1. The lowest BCUT2D eigenvalue weighted by atomic mass is 10.2. The van der Waals surface area contributed by atoms with Gasteiger partial charge in [0.1, 0.15) is 11.3 Å². The van der Waals surface area contributed by atoms with Crippen molar-refractivity contribution in [2.75, 3.05) is 18.8 Å². The molecule has 0 aliphatic carbocycles. The molecule has 0 N–H and O–H groups in total. The molecule has 1 atom stereocenters. The van der Waals surface area contributed by atoms with Crippen LogP contribution in [0.5, 0.6) is 0 Å². The van der Waals surface area contributed by atoms with Crippen LogP contribution >= 0.6 is 11.8 Å². The van der Waals surface area contributed by atoms with Gasteiger partial charge in [0.2, 0.25) is 5.91 Å². The summed E-state index contributed by atoms with van der Waals surface area (Å²) >= 11 is 1.61. The minimum Gasteiger partial charge on any atom is -0.340 e. The van der Waals surface area contributed by atoms with Gasteiger partial charge in [0, 0.05) is 30.6 Å². The van der Waals surface area contributed by atoms with Gasteiger partial charge in [0.05, 0.1) is 11.8 Å². The number of carbonyl (C=O) groups is 1. The van der Waals surface area contributed by atoms with Gasteiger partial charge in [-0.05, 0) is 37.1 Å². The highest BCUT2D eigenvalue weighted by Crippen LogP contribution is 2.28. The molecule has 4 rings (SSSR count). The predicted molar refractivity (Wildman–Crippen MR) is 109 cm³/mol. The molecule has 27 heavy (non-hydrogen) atoms. The molecule has 1 aromatic carbocycles. The molecule has 0 saturated carbocycles. The number of amides is 1. The minimum atomic E-state index is 0.209. The van der Waals surface area contributed by atoms with E-state index in [1.165, 1.54) is 0 Å². The lowest BCUT2D eigenvalue weighted by Gasteiger charge is -2.18. The number of hydrogen-bond donors (Lipinski definition) is 0. The standard InChI is InChI=1S/C21H24N4OS/c1-2-7-19-23-18-10-6-12-22-21(18)25(19)16-11-13-24(14-16)20(26)15-27-17-8-4-3-5-9-17/h3-6,8-10,12,16H,2,7,11,13-15H2,1H3. The summed E-state index contributed by atoms with van der Waals surface area (Å²) in [7, 11) is 0. The topological polar surface area (TPSA) is 51.0 Å². The van der Waals surface area contributed by atoms with E-state index in [4.69, 9.17) is 4.98 Å². The fourth-order valence-corrected chi connectivity index (χ4v) is 4.51. The van der Waals surface area contributed by atoms with E-state index in [0.717, 1.165) is 54.2 Å². The number of aromatic nitrogens is 3. The Hall–Kier alpha value is -2.34. The number of carbonyl (C=O) groups excluding carboxylic acids is 1. The van der Waals surface area contributed by atoms with Crippen LogP contribution in [0.2, 0.25) is 0 Å². The van der Waals surface area contributed by atoms with Crippen LogP contribution in [0.4, 0.5) is 0 Å². The SMILES string of the molecule is CCCc1nc2cccnc2n1C1CCN(C(=O)CSc2ccccc2)C1. The van der Waals surface area contributed by atoms with Crippen LogP contribution in [0.3, 0.4) is 0 Å². The number of likely N-dealkylation sites (tertiary alicyclic amines) is 1. The van der Waals surface area contributed by atoms with E-state index in [1.54, 1.807) is 11.8 Å². The average molecular weight is 381 g/mol. The summed E-state index contributed by atoms with van der Waals surface area (Å²) in [5.74, 6) is 1.78. The fraction of sp³-hybridized carbons (Fsp3) is 0.381. The summed E-state index contributed by atoms with van der Waals surface area (Å²) in [4.78, 5) is 25.2. The maximum atomic E-state index is 12.7. The number of pyridine rings is 1. The third-order valence-corrected chi connectivity index (χ3v) is 5.98. The summed E-state index contributed by atoms with van der Waals surface area (Å²) in [5, 5.41) is 0. The first kappa shape index (κ1) is 18.0. The quantitative estimate of drug-likeness (QED) is 0.608. The lowest BCUT2D eigenvalue weighted by molar-refractivity contribution is -0.127. The minimum absolute atomic E-state index is 0.209. The van der Waals surface area contributed by atoms with Crippen molar-refractivity contribution >= 4 is 28.8 Å². The zero-order valence-corrected chi connectivity index (χ0v) is 16.4. The van der Waals surface area contributed by atoms with Crippen molar-refractivity contribution < 1.29 is 4.79 Å². The number of rotatable bonds is 6. The molecule has 5 nitrogen and oxygen atoms in total. The summed E-state index contributed by atoms with van der Waals surface area (Å²) < 4.78 is 2.27. The van der Waals surface area contributed by atoms with Gasteiger partial charge < -0.3 is 9.47 Å². The fourth-order valence-electron chi connectivity index (χ4n) is 3.69. The zero-order chi connectivity index (χ0) is 18.6. The molecule has 1 fully saturated rings. The molecule has 1 unspecified atom stereocenters. The van der Waals surface area contributed by atoms with Crippen molar-refractivity contribution in [3.8, 4) is 0 Å². The number of benzene rings is 1. The molecule has 3 aromatic rings. The molecule has 3 heterocycles. The highest BCUT2D eigenvalue weighted by molar-refractivity contribution is 8.00. The van der Waals surface area contributed by atoms with E-state index in [1.807, 2.05) is 53.6 Å². The van der Waals surface area contributed by atoms with Gasteiger partial charge in [0.25, 0.3) is 0 Å². The van der Waals surface area contributed by atoms with Gasteiger partial charge in [0.15, 0.2) is 5.65 Å². The van der Waals surface area contributed by atoms with Gasteiger partial charge in [-0.3, -0.25) is 4.79 Å². The van der Waals surface area contributed by atoms with Crippen LogP contribution in [-0.4, -0.2) is 44.2 Å². The summed E-state index contributed by atoms with van der Waals surface area (Å²) in [6.45, 7) is 3.71. The monoisotopic (exact) mass is 380 g/mol. The molecule has 1 aliphatic heterocycles. The van der Waals surface area contributed by atoms with E-state index in [2.05, 4.69) is 16.5 Å². The second-order valence-corrected chi connectivity index (χ2v) is 7.93. The van der Waals surface area contributed by atoms with Crippen molar-refractivity contribution in [1.29, 1.82) is 0 Å². The molecule has 0 spiro atoms. The predicted octanol–water partition coefficient (Wildman–Crippen LogP) is 3.95. The highest BCUT2D eigenvalue weighted by atomic mass is 32.2. The smallest absolute Gasteiger partial charge is 0.233 e. The van der Waals surface area contributed by atoms with Crippen LogP contribution < -0.4 is 0 Å². The van der Waals surface area contributed by atoms with Crippen LogP contribution in [-0.2, 0) is 11.2 Å². The largest absolute Gasteiger partial charge is 0.340 e. The molecule has 0 radical (unpaired) electrons. The third-order valence-electron chi connectivity index (χ3n) is 4.98. The average Bonchev–Trinajstić information content (AvgIpc) is 3.31. The van der Waals surface area contributed by atoms with E-state index in [-0.39, 0.29) is 11.9 Å². The van der Waals surface area contributed by atoms with Gasteiger partial charge >= 0.3 is 0 Å². The Labute approximate surface area is 163 Å². The molecule has 1 aliphatic rings. The molecule has 1 saturated heterocycles. The first-order valence-corrected chi connectivity index (χ1v) is 10.5. The Balaban J connectivity index is 1.47. The van der Waals surface area contributed by atoms with Crippen LogP contribution in [0, 0.1) is 0 Å². The Morgan fingerprint density at radius 1 is 1.22 bits per heavy atom. The zero-order valence-electron chi connectivity index (χ0n) is 15.5. The van der Waals surface area contributed by atoms with Crippen molar-refractivity contribution in [2.24, 2.45) is 0 Å². The molecule has 6 heteroatoms. The summed E-state index contributed by atoms with van der Waals surface area (Å²) in [6, 6.07) is 14.3. The van der Waals surface area contributed by atoms with Crippen molar-refractivity contribution in [3.05, 3.63) is 54.5 Å². The number of thioether (sulfide) groups is 1. The van der Waals surface area contributed by atoms with E-state index < -0.39 is 0 Å². The lowest BCUT2D eigenvalue weighted by Crippen LogP contribution is -2.30. The highest BCUT2D eigenvalue weighted by Gasteiger charge is 2.30. The summed E-state index contributed by atoms with van der Waals surface area (Å²) in [5.41, 5.74) is 1.89. The third kappa shape index (κ3) is 3.86. The first-order valence-electron chi connectivity index (χ1n) is 9.53. The van der Waals surface area contributed by atoms with Crippen molar-refractivity contribution in [3.63, 3.8) is 0 Å². The molecule has 0 bridgehead atoms. The molecule has 140 valence electrons. The second-order valence-electron chi connectivity index (χ2n) is 6.88. The molecular weight excluding hydrogens is 356 g/mol. The molecule has 1 amide bonds. The van der Waals surface area contributed by atoms with Gasteiger partial charge in [-0.1, -0.05) is 25.1 Å². The van der Waals surface area contributed by atoms with E-state index in [9.17, 15) is 4.79 Å². The van der Waals surface area contributed by atoms with Crippen LogP contribution in [0.25, 0.3) is 11.2 Å². The van der Waals surface area contributed by atoms with E-state index >= 15 is 0 Å². The number of hydrogen-bond acceptors (Lipinski definition) is 4. The van der Waals surface area contributed by atoms with Crippen LogP contribution in [0.1, 0.15) is 31.6 Å². The molecule has 2 aromatic heterocycles. The molecular formula is C21H24N4OS. The maximum absolute atomic E-state index is 12.7.